The molecule has 1 saturated heterocycles. The molecule has 0 bridgehead atoms. The number of nitrogens with zero attached hydrogens (tertiary/aromatic N) is 6. The molecule has 2 aromatic heterocycles. The summed E-state index contributed by atoms with van der Waals surface area (Å²) in [5.74, 6) is 1.44. The van der Waals surface area contributed by atoms with E-state index in [4.69, 9.17) is 10.00 Å². The minimum atomic E-state index is 0.181. The second-order valence-corrected chi connectivity index (χ2v) is 6.33. The topological polar surface area (TPSA) is 79.3 Å². The van der Waals surface area contributed by atoms with Gasteiger partial charge in [0.05, 0.1) is 24.3 Å². The Morgan fingerprint density at radius 1 is 1.31 bits per heavy atom. The Kier molecular flexibility index (Phi) is 4.75. The first kappa shape index (κ1) is 16.5. The molecule has 3 heterocycles. The third kappa shape index (κ3) is 3.37. The lowest BCUT2D eigenvalue weighted by molar-refractivity contribution is 0.115. The maximum atomic E-state index is 9.07. The molecule has 1 atom stereocenters. The molecule has 0 saturated carbocycles. The highest BCUT2D eigenvalue weighted by Crippen LogP contribution is 2.25. The summed E-state index contributed by atoms with van der Waals surface area (Å²) in [7, 11) is 0. The van der Waals surface area contributed by atoms with Crippen molar-refractivity contribution in [2.24, 2.45) is 0 Å². The third-order valence-electron chi connectivity index (χ3n) is 4.57. The third-order valence-corrected chi connectivity index (χ3v) is 4.57. The molecule has 7 nitrogen and oxygen atoms in total. The van der Waals surface area contributed by atoms with Gasteiger partial charge < -0.3 is 9.64 Å². The van der Waals surface area contributed by atoms with Crippen molar-refractivity contribution in [3.8, 4) is 17.3 Å². The smallest absolute Gasteiger partial charge is 0.254 e. The lowest BCUT2D eigenvalue weighted by Gasteiger charge is -2.27. The zero-order valence-corrected chi connectivity index (χ0v) is 14.5. The molecule has 0 aliphatic carbocycles. The van der Waals surface area contributed by atoms with Crippen molar-refractivity contribution in [1.29, 1.82) is 5.26 Å². The van der Waals surface area contributed by atoms with Crippen LogP contribution >= 0.6 is 0 Å². The van der Waals surface area contributed by atoms with E-state index >= 15 is 0 Å². The highest BCUT2D eigenvalue weighted by molar-refractivity contribution is 5.65. The van der Waals surface area contributed by atoms with Crippen LogP contribution in [0.3, 0.4) is 0 Å². The monoisotopic (exact) mass is 348 g/mol. The van der Waals surface area contributed by atoms with Gasteiger partial charge in [-0.3, -0.25) is 0 Å². The van der Waals surface area contributed by atoms with Gasteiger partial charge in [-0.1, -0.05) is 30.3 Å². The first-order valence-corrected chi connectivity index (χ1v) is 8.85. The van der Waals surface area contributed by atoms with E-state index in [1.165, 1.54) is 6.33 Å². The van der Waals surface area contributed by atoms with E-state index in [-0.39, 0.29) is 6.10 Å². The molecule has 0 radical (unpaired) electrons. The molecule has 7 heteroatoms. The van der Waals surface area contributed by atoms with Gasteiger partial charge in [0, 0.05) is 31.3 Å². The summed E-state index contributed by atoms with van der Waals surface area (Å²) in [5, 5.41) is 13.4. The second kappa shape index (κ2) is 7.50. The number of nitriles is 1. The Bertz CT molecular complexity index is 911. The van der Waals surface area contributed by atoms with Gasteiger partial charge in [0.1, 0.15) is 12.1 Å². The van der Waals surface area contributed by atoms with E-state index in [0.717, 1.165) is 43.1 Å². The Morgan fingerprint density at radius 3 is 2.96 bits per heavy atom. The highest BCUT2D eigenvalue weighted by Gasteiger charge is 2.22. The predicted octanol–water partition coefficient (Wildman–Crippen LogP) is 2.69. The van der Waals surface area contributed by atoms with E-state index < -0.39 is 0 Å². The summed E-state index contributed by atoms with van der Waals surface area (Å²) in [6.45, 7) is 2.15. The molecular formula is C19H20N6O. The summed E-state index contributed by atoms with van der Waals surface area (Å²) < 4.78 is 7.54. The van der Waals surface area contributed by atoms with Gasteiger partial charge in [0.25, 0.3) is 5.78 Å². The van der Waals surface area contributed by atoms with Crippen LogP contribution in [-0.4, -0.2) is 45.4 Å². The maximum absolute atomic E-state index is 9.07. The van der Waals surface area contributed by atoms with Gasteiger partial charge in [-0.2, -0.15) is 19.9 Å². The molecule has 26 heavy (non-hydrogen) atoms. The summed E-state index contributed by atoms with van der Waals surface area (Å²) in [6.07, 6.45) is 4.25. The minimum absolute atomic E-state index is 0.181. The molecule has 3 aromatic rings. The molecule has 0 spiro atoms. The van der Waals surface area contributed by atoms with Crippen LogP contribution in [0, 0.1) is 11.3 Å². The lowest BCUT2D eigenvalue weighted by Crippen LogP contribution is -2.34. The van der Waals surface area contributed by atoms with E-state index in [2.05, 4.69) is 26.0 Å². The van der Waals surface area contributed by atoms with Crippen molar-refractivity contribution in [3.05, 3.63) is 42.7 Å². The zero-order valence-electron chi connectivity index (χ0n) is 14.5. The summed E-state index contributed by atoms with van der Waals surface area (Å²) in [6, 6.07) is 14.3. The molecule has 1 aliphatic rings. The number of aromatic nitrogens is 4. The van der Waals surface area contributed by atoms with Crippen LogP contribution in [0.1, 0.15) is 19.3 Å². The van der Waals surface area contributed by atoms with Crippen LogP contribution in [0.2, 0.25) is 0 Å². The van der Waals surface area contributed by atoms with Crippen LogP contribution < -0.4 is 4.90 Å². The fraction of sp³-hybridized carbons (Fsp3) is 0.368. The van der Waals surface area contributed by atoms with Gasteiger partial charge in [-0.25, -0.2) is 4.98 Å². The predicted molar refractivity (Wildman–Crippen MR) is 97.6 cm³/mol. The molecule has 132 valence electrons. The maximum Gasteiger partial charge on any atom is 0.254 e. The van der Waals surface area contributed by atoms with Gasteiger partial charge in [-0.15, -0.1) is 0 Å². The quantitative estimate of drug-likeness (QED) is 0.681. The zero-order chi connectivity index (χ0) is 17.8. The number of fused-ring (bicyclic) bond motifs is 1. The summed E-state index contributed by atoms with van der Waals surface area (Å²) >= 11 is 0. The minimum Gasteiger partial charge on any atom is -0.376 e. The van der Waals surface area contributed by atoms with Crippen LogP contribution in [0.25, 0.3) is 17.0 Å². The molecule has 0 N–H and O–H groups in total. The van der Waals surface area contributed by atoms with Gasteiger partial charge in [0.15, 0.2) is 0 Å². The Balaban J connectivity index is 1.76. The molecule has 1 fully saturated rings. The Morgan fingerprint density at radius 2 is 2.19 bits per heavy atom. The van der Waals surface area contributed by atoms with Crippen molar-refractivity contribution < 1.29 is 4.74 Å². The normalized spacial score (nSPS) is 16.7. The number of hydrogen-bond acceptors (Lipinski definition) is 6. The standard InChI is InChI=1S/C19H20N6O/c20-9-5-10-24(13-16-8-4-11-26-16)18-12-17(15-6-2-1-3-7-15)23-19-21-14-22-25(18)19/h1-3,6-7,12,14,16H,4-5,8,10-11,13H2. The fourth-order valence-electron chi connectivity index (χ4n) is 3.30. The molecular weight excluding hydrogens is 328 g/mol. The first-order chi connectivity index (χ1) is 12.8. The van der Waals surface area contributed by atoms with E-state index in [9.17, 15) is 0 Å². The number of rotatable bonds is 6. The number of ether oxygens (including phenoxy) is 1. The van der Waals surface area contributed by atoms with Crippen LogP contribution in [-0.2, 0) is 4.74 Å². The molecule has 4 rings (SSSR count). The fourth-order valence-corrected chi connectivity index (χ4v) is 3.30. The van der Waals surface area contributed by atoms with Crippen molar-refractivity contribution in [2.75, 3.05) is 24.6 Å². The number of hydrogen-bond donors (Lipinski definition) is 0. The molecule has 1 aliphatic heterocycles. The highest BCUT2D eigenvalue weighted by atomic mass is 16.5. The average Bonchev–Trinajstić information content (AvgIpc) is 3.36. The SMILES string of the molecule is N#CCCN(CC1CCCO1)c1cc(-c2ccccc2)nc2ncnn12. The Labute approximate surface area is 151 Å². The van der Waals surface area contributed by atoms with Crippen molar-refractivity contribution >= 4 is 11.6 Å². The van der Waals surface area contributed by atoms with Crippen LogP contribution in [0.5, 0.6) is 0 Å². The van der Waals surface area contributed by atoms with Crippen molar-refractivity contribution in [3.63, 3.8) is 0 Å². The van der Waals surface area contributed by atoms with E-state index in [1.54, 1.807) is 4.52 Å². The largest absolute Gasteiger partial charge is 0.376 e. The summed E-state index contributed by atoms with van der Waals surface area (Å²) in [5.41, 5.74) is 1.87. The summed E-state index contributed by atoms with van der Waals surface area (Å²) in [4.78, 5) is 11.1. The van der Waals surface area contributed by atoms with Gasteiger partial charge in [-0.05, 0) is 12.8 Å². The second-order valence-electron chi connectivity index (χ2n) is 6.33. The van der Waals surface area contributed by atoms with E-state index in [0.29, 0.717) is 18.7 Å². The van der Waals surface area contributed by atoms with Crippen LogP contribution in [0.4, 0.5) is 5.82 Å². The Hall–Kier alpha value is -2.98. The van der Waals surface area contributed by atoms with Crippen LogP contribution in [0.15, 0.2) is 42.7 Å². The van der Waals surface area contributed by atoms with Crippen molar-refractivity contribution in [1.82, 2.24) is 19.6 Å². The first-order valence-electron chi connectivity index (χ1n) is 8.85. The van der Waals surface area contributed by atoms with Crippen molar-refractivity contribution in [2.45, 2.75) is 25.4 Å². The number of benzene rings is 1. The molecule has 0 amide bonds. The van der Waals surface area contributed by atoms with Gasteiger partial charge >= 0.3 is 0 Å². The van der Waals surface area contributed by atoms with E-state index in [1.807, 2.05) is 36.4 Å². The molecule has 1 aromatic carbocycles. The number of anilines is 1. The van der Waals surface area contributed by atoms with Gasteiger partial charge in [0.2, 0.25) is 0 Å². The molecule has 1 unspecified atom stereocenters. The average molecular weight is 348 g/mol. The lowest BCUT2D eigenvalue weighted by atomic mass is 10.1.